The van der Waals surface area contributed by atoms with Crippen LogP contribution in [0, 0.1) is 28.6 Å². The van der Waals surface area contributed by atoms with Crippen LogP contribution in [-0.2, 0) is 19.0 Å². The van der Waals surface area contributed by atoms with Crippen LogP contribution in [0.1, 0.15) is 98.3 Å². The molecular weight excluding hydrogens is 466 g/mol. The summed E-state index contributed by atoms with van der Waals surface area (Å²) in [6.07, 6.45) is 13.2. The quantitative estimate of drug-likeness (QED) is 0.415. The highest BCUT2D eigenvalue weighted by atomic mass is 16.7. The molecule has 1 unspecified atom stereocenters. The Balaban J connectivity index is 1.17. The molecule has 6 nitrogen and oxygen atoms in total. The SMILES string of the molecule is C=C1CCC2[C@]3(C)CO[C@@H](C4CCCC4)O[C@@H]3CC[C@@]2(C)[C@@H]1CCOC1CCN(C(C)(C)C(=O)O)CC1. The van der Waals surface area contributed by atoms with Gasteiger partial charge in [-0.05, 0) is 88.9 Å². The maximum absolute atomic E-state index is 11.6. The van der Waals surface area contributed by atoms with Gasteiger partial charge in [-0.3, -0.25) is 9.69 Å². The summed E-state index contributed by atoms with van der Waals surface area (Å²) in [6.45, 7) is 16.3. The lowest BCUT2D eigenvalue weighted by Gasteiger charge is -2.63. The maximum atomic E-state index is 11.6. The fourth-order valence-electron chi connectivity index (χ4n) is 8.93. The van der Waals surface area contributed by atoms with Gasteiger partial charge >= 0.3 is 5.97 Å². The summed E-state index contributed by atoms with van der Waals surface area (Å²) in [7, 11) is 0. The van der Waals surface area contributed by atoms with Crippen LogP contribution in [0.15, 0.2) is 12.2 Å². The molecule has 2 aliphatic heterocycles. The summed E-state index contributed by atoms with van der Waals surface area (Å²) in [6, 6.07) is 0. The van der Waals surface area contributed by atoms with Crippen LogP contribution in [0.2, 0.25) is 0 Å². The van der Waals surface area contributed by atoms with E-state index in [-0.39, 0.29) is 23.2 Å². The highest BCUT2D eigenvalue weighted by molar-refractivity contribution is 5.77. The molecule has 5 fully saturated rings. The van der Waals surface area contributed by atoms with E-state index in [1.54, 1.807) is 13.8 Å². The monoisotopic (exact) mass is 517 g/mol. The van der Waals surface area contributed by atoms with E-state index >= 15 is 0 Å². The molecule has 3 aliphatic carbocycles. The van der Waals surface area contributed by atoms with Crippen molar-refractivity contribution in [1.29, 1.82) is 0 Å². The van der Waals surface area contributed by atoms with Gasteiger partial charge in [0, 0.05) is 31.0 Å². The van der Waals surface area contributed by atoms with Crippen LogP contribution in [-0.4, -0.2) is 66.3 Å². The predicted octanol–water partition coefficient (Wildman–Crippen LogP) is 6.04. The Morgan fingerprint density at radius 1 is 1.11 bits per heavy atom. The highest BCUT2D eigenvalue weighted by Crippen LogP contribution is 2.63. The van der Waals surface area contributed by atoms with Crippen molar-refractivity contribution in [3.05, 3.63) is 12.2 Å². The van der Waals surface area contributed by atoms with Gasteiger partial charge in [0.2, 0.25) is 0 Å². The minimum atomic E-state index is -0.812. The van der Waals surface area contributed by atoms with Crippen molar-refractivity contribution in [3.63, 3.8) is 0 Å². The first-order valence-electron chi connectivity index (χ1n) is 15.1. The van der Waals surface area contributed by atoms with Gasteiger partial charge in [-0.25, -0.2) is 0 Å². The van der Waals surface area contributed by atoms with Crippen LogP contribution in [0.3, 0.4) is 0 Å². The summed E-state index contributed by atoms with van der Waals surface area (Å²) in [5.74, 6) is 0.899. The maximum Gasteiger partial charge on any atom is 0.323 e. The standard InChI is InChI=1S/C31H51NO5/c1-21-10-11-25-30(4,16-12-26-31(25,5)20-36-27(37-26)22-8-6-7-9-22)24(21)15-19-35-23-13-17-32(18-14-23)29(2,3)28(33)34/h22-27H,1,6-20H2,2-5H3,(H,33,34)/t24-,25?,26-,27-,30+,31+/m1/s1. The Morgan fingerprint density at radius 2 is 1.81 bits per heavy atom. The van der Waals surface area contributed by atoms with Gasteiger partial charge in [0.15, 0.2) is 6.29 Å². The number of allylic oxidation sites excluding steroid dienone is 1. The molecular formula is C31H51NO5. The molecule has 0 radical (unpaired) electrons. The molecule has 3 saturated carbocycles. The van der Waals surface area contributed by atoms with E-state index < -0.39 is 11.5 Å². The van der Waals surface area contributed by atoms with E-state index in [0.29, 0.717) is 23.9 Å². The van der Waals surface area contributed by atoms with Crippen LogP contribution in [0.5, 0.6) is 0 Å². The number of carboxylic acid groups (broad SMARTS) is 1. The Bertz CT molecular complexity index is 845. The minimum absolute atomic E-state index is 0.0141. The first kappa shape index (κ1) is 27.6. The molecule has 0 aromatic heterocycles. The number of likely N-dealkylation sites (tertiary alicyclic amines) is 1. The molecule has 0 amide bonds. The Kier molecular flexibility index (Phi) is 7.88. The Morgan fingerprint density at radius 3 is 2.49 bits per heavy atom. The third kappa shape index (κ3) is 5.05. The summed E-state index contributed by atoms with van der Waals surface area (Å²) >= 11 is 0. The number of hydrogen-bond donors (Lipinski definition) is 1. The number of piperidine rings is 1. The zero-order valence-corrected chi connectivity index (χ0v) is 23.8. The Hall–Kier alpha value is -0.950. The normalized spacial score (nSPS) is 40.4. The van der Waals surface area contributed by atoms with Crippen molar-refractivity contribution in [2.24, 2.45) is 28.6 Å². The second-order valence-electron chi connectivity index (χ2n) is 13.9. The smallest absolute Gasteiger partial charge is 0.323 e. The third-order valence-electron chi connectivity index (χ3n) is 11.5. The van der Waals surface area contributed by atoms with Crippen molar-refractivity contribution < 1.29 is 24.1 Å². The zero-order valence-electron chi connectivity index (χ0n) is 23.8. The summed E-state index contributed by atoms with van der Waals surface area (Å²) in [4.78, 5) is 13.7. The van der Waals surface area contributed by atoms with Gasteiger partial charge in [0.1, 0.15) is 5.54 Å². The van der Waals surface area contributed by atoms with Gasteiger partial charge in [-0.1, -0.05) is 38.8 Å². The molecule has 5 rings (SSSR count). The van der Waals surface area contributed by atoms with Gasteiger partial charge in [0.25, 0.3) is 0 Å². The lowest BCUT2D eigenvalue weighted by atomic mass is 9.46. The van der Waals surface area contributed by atoms with Crippen molar-refractivity contribution in [3.8, 4) is 0 Å². The summed E-state index contributed by atoms with van der Waals surface area (Å²) in [5.41, 5.74) is 0.883. The number of rotatable bonds is 7. The predicted molar refractivity (Wildman–Crippen MR) is 144 cm³/mol. The number of hydrogen-bond acceptors (Lipinski definition) is 5. The first-order valence-corrected chi connectivity index (χ1v) is 15.1. The van der Waals surface area contributed by atoms with Gasteiger partial charge in [-0.2, -0.15) is 0 Å². The second kappa shape index (κ2) is 10.6. The van der Waals surface area contributed by atoms with Crippen molar-refractivity contribution >= 4 is 5.97 Å². The molecule has 210 valence electrons. The lowest BCUT2D eigenvalue weighted by Crippen LogP contribution is -2.62. The average Bonchev–Trinajstić information content (AvgIpc) is 3.40. The number of carbonyl (C=O) groups is 1. The first-order chi connectivity index (χ1) is 17.6. The van der Waals surface area contributed by atoms with E-state index in [4.69, 9.17) is 14.2 Å². The minimum Gasteiger partial charge on any atom is -0.480 e. The van der Waals surface area contributed by atoms with Crippen LogP contribution in [0.4, 0.5) is 0 Å². The molecule has 5 aliphatic rings. The third-order valence-corrected chi connectivity index (χ3v) is 11.5. The molecule has 6 atom stereocenters. The van der Waals surface area contributed by atoms with E-state index in [1.807, 2.05) is 0 Å². The zero-order chi connectivity index (χ0) is 26.4. The topological polar surface area (TPSA) is 68.2 Å². The van der Waals surface area contributed by atoms with E-state index in [0.717, 1.165) is 58.4 Å². The molecule has 0 bridgehead atoms. The molecule has 0 spiro atoms. The van der Waals surface area contributed by atoms with E-state index in [9.17, 15) is 9.90 Å². The number of aliphatic carboxylic acids is 1. The largest absolute Gasteiger partial charge is 0.480 e. The molecule has 6 heteroatoms. The van der Waals surface area contributed by atoms with E-state index in [2.05, 4.69) is 25.3 Å². The van der Waals surface area contributed by atoms with Crippen LogP contribution in [0.25, 0.3) is 0 Å². The molecule has 0 aromatic rings. The number of fused-ring (bicyclic) bond motifs is 3. The van der Waals surface area contributed by atoms with Crippen molar-refractivity contribution in [2.45, 2.75) is 122 Å². The molecule has 2 saturated heterocycles. The number of carboxylic acids is 1. The van der Waals surface area contributed by atoms with Crippen molar-refractivity contribution in [1.82, 2.24) is 4.90 Å². The molecule has 37 heavy (non-hydrogen) atoms. The van der Waals surface area contributed by atoms with Gasteiger partial charge in [0.05, 0.1) is 18.8 Å². The molecule has 1 N–H and O–H groups in total. The fraction of sp³-hybridized carbons (Fsp3) is 0.903. The number of ether oxygens (including phenoxy) is 3. The van der Waals surface area contributed by atoms with Crippen LogP contribution < -0.4 is 0 Å². The van der Waals surface area contributed by atoms with Gasteiger partial charge < -0.3 is 19.3 Å². The van der Waals surface area contributed by atoms with E-state index in [1.165, 1.54) is 44.1 Å². The molecule has 0 aromatic carbocycles. The second-order valence-corrected chi connectivity index (χ2v) is 13.9. The summed E-state index contributed by atoms with van der Waals surface area (Å²) in [5, 5.41) is 9.54. The molecule has 2 heterocycles. The van der Waals surface area contributed by atoms with Crippen molar-refractivity contribution in [2.75, 3.05) is 26.3 Å². The lowest BCUT2D eigenvalue weighted by molar-refractivity contribution is -0.316. The highest BCUT2D eigenvalue weighted by Gasteiger charge is 2.60. The Labute approximate surface area is 224 Å². The summed E-state index contributed by atoms with van der Waals surface area (Å²) < 4.78 is 19.6. The van der Waals surface area contributed by atoms with Crippen LogP contribution >= 0.6 is 0 Å². The van der Waals surface area contributed by atoms with Gasteiger partial charge in [-0.15, -0.1) is 0 Å². The fourth-order valence-corrected chi connectivity index (χ4v) is 8.93. The number of nitrogens with zero attached hydrogens (tertiary/aromatic N) is 1. The average molecular weight is 518 g/mol.